The average molecular weight is 276 g/mol. The first kappa shape index (κ1) is 12.5. The molecule has 6 nitrogen and oxygen atoms in total. The van der Waals surface area contributed by atoms with E-state index in [1.165, 1.54) is 5.51 Å². The molecule has 0 saturated heterocycles. The van der Waals surface area contributed by atoms with Gasteiger partial charge >= 0.3 is 5.97 Å². The number of carboxylic acids is 1. The third kappa shape index (κ3) is 2.64. The maximum Gasteiger partial charge on any atom is 0.356 e. The molecule has 0 amide bonds. The summed E-state index contributed by atoms with van der Waals surface area (Å²) in [5.74, 6) is -0.943. The molecule has 94 valence electrons. The van der Waals surface area contributed by atoms with Crippen LogP contribution in [0.25, 0.3) is 0 Å². The SMILES string of the molecule is O=C(O)c1ncsc1S(=O)(=O)NCC1CCC1. The fourth-order valence-corrected chi connectivity index (χ4v) is 3.86. The number of nitrogens with one attached hydrogen (secondary N) is 1. The van der Waals surface area contributed by atoms with Crippen molar-refractivity contribution >= 4 is 27.3 Å². The molecule has 0 atom stereocenters. The Kier molecular flexibility index (Phi) is 3.45. The Labute approximate surface area is 103 Å². The number of thiazole rings is 1. The van der Waals surface area contributed by atoms with Crippen LogP contribution in [-0.4, -0.2) is 31.0 Å². The summed E-state index contributed by atoms with van der Waals surface area (Å²) in [6.45, 7) is 0.374. The molecule has 0 aliphatic heterocycles. The Balaban J connectivity index is 2.13. The van der Waals surface area contributed by atoms with Gasteiger partial charge in [-0.2, -0.15) is 0 Å². The second-order valence-corrected chi connectivity index (χ2v) is 6.76. The largest absolute Gasteiger partial charge is 0.476 e. The van der Waals surface area contributed by atoms with Crippen LogP contribution in [0.4, 0.5) is 0 Å². The molecule has 1 aromatic heterocycles. The van der Waals surface area contributed by atoms with E-state index in [4.69, 9.17) is 5.11 Å². The van der Waals surface area contributed by atoms with Crippen LogP contribution in [0.15, 0.2) is 9.72 Å². The predicted molar refractivity (Wildman–Crippen MR) is 61.6 cm³/mol. The molecule has 1 aromatic rings. The Hall–Kier alpha value is -0.990. The van der Waals surface area contributed by atoms with Crippen LogP contribution in [0.5, 0.6) is 0 Å². The van der Waals surface area contributed by atoms with Crippen molar-refractivity contribution in [3.05, 3.63) is 11.2 Å². The van der Waals surface area contributed by atoms with Crippen LogP contribution < -0.4 is 4.72 Å². The van der Waals surface area contributed by atoms with Crippen LogP contribution >= 0.6 is 11.3 Å². The van der Waals surface area contributed by atoms with Crippen molar-refractivity contribution in [1.82, 2.24) is 9.71 Å². The lowest BCUT2D eigenvalue weighted by Crippen LogP contribution is -2.32. The van der Waals surface area contributed by atoms with E-state index in [9.17, 15) is 13.2 Å². The van der Waals surface area contributed by atoms with Crippen molar-refractivity contribution in [2.75, 3.05) is 6.54 Å². The topological polar surface area (TPSA) is 96.4 Å². The van der Waals surface area contributed by atoms with Crippen molar-refractivity contribution < 1.29 is 18.3 Å². The Morgan fingerprint density at radius 1 is 1.59 bits per heavy atom. The van der Waals surface area contributed by atoms with Crippen molar-refractivity contribution in [3.63, 3.8) is 0 Å². The number of aromatic carboxylic acids is 1. The molecule has 1 saturated carbocycles. The fourth-order valence-electron chi connectivity index (χ4n) is 1.56. The zero-order chi connectivity index (χ0) is 12.5. The Morgan fingerprint density at radius 3 is 2.82 bits per heavy atom. The standard InChI is InChI=1S/C9H12N2O4S2/c12-8(13)7-9(16-5-10-7)17(14,15)11-4-6-2-1-3-6/h5-6,11H,1-4H2,(H,12,13). The highest BCUT2D eigenvalue weighted by Crippen LogP contribution is 2.26. The van der Waals surface area contributed by atoms with Gasteiger partial charge in [-0.25, -0.2) is 22.9 Å². The minimum Gasteiger partial charge on any atom is -0.476 e. The van der Waals surface area contributed by atoms with E-state index in [0.29, 0.717) is 12.5 Å². The van der Waals surface area contributed by atoms with Crippen LogP contribution in [0.1, 0.15) is 29.8 Å². The molecule has 0 bridgehead atoms. The van der Waals surface area contributed by atoms with E-state index >= 15 is 0 Å². The maximum atomic E-state index is 11.9. The first-order valence-electron chi connectivity index (χ1n) is 5.17. The van der Waals surface area contributed by atoms with Gasteiger partial charge in [0.15, 0.2) is 9.90 Å². The molecule has 0 radical (unpaired) electrons. The number of rotatable bonds is 5. The van der Waals surface area contributed by atoms with Gasteiger partial charge in [0.25, 0.3) is 10.0 Å². The highest BCUT2D eigenvalue weighted by atomic mass is 32.2. The molecule has 1 aliphatic rings. The third-order valence-electron chi connectivity index (χ3n) is 2.77. The summed E-state index contributed by atoms with van der Waals surface area (Å²) in [6, 6.07) is 0. The van der Waals surface area contributed by atoms with E-state index in [0.717, 1.165) is 30.6 Å². The van der Waals surface area contributed by atoms with Gasteiger partial charge < -0.3 is 5.11 Å². The third-order valence-corrected chi connectivity index (χ3v) is 5.56. The van der Waals surface area contributed by atoms with E-state index in [2.05, 4.69) is 9.71 Å². The van der Waals surface area contributed by atoms with E-state index in [1.54, 1.807) is 0 Å². The van der Waals surface area contributed by atoms with E-state index < -0.39 is 21.7 Å². The number of nitrogens with zero attached hydrogens (tertiary/aromatic N) is 1. The molecule has 2 rings (SSSR count). The lowest BCUT2D eigenvalue weighted by Gasteiger charge is -2.25. The molecule has 0 unspecified atom stereocenters. The number of sulfonamides is 1. The Bertz CT molecular complexity index is 519. The van der Waals surface area contributed by atoms with Crippen molar-refractivity contribution in [3.8, 4) is 0 Å². The minimum atomic E-state index is -3.74. The van der Waals surface area contributed by atoms with Gasteiger partial charge in [-0.05, 0) is 18.8 Å². The summed E-state index contributed by atoms with van der Waals surface area (Å²) < 4.78 is 25.9. The normalized spacial score (nSPS) is 16.7. The molecule has 1 aliphatic carbocycles. The number of carbonyl (C=O) groups is 1. The lowest BCUT2D eigenvalue weighted by molar-refractivity contribution is 0.0687. The van der Waals surface area contributed by atoms with Crippen LogP contribution in [-0.2, 0) is 10.0 Å². The lowest BCUT2D eigenvalue weighted by atomic mass is 9.86. The van der Waals surface area contributed by atoms with E-state index in [-0.39, 0.29) is 4.21 Å². The molecule has 0 aromatic carbocycles. The Morgan fingerprint density at radius 2 is 2.29 bits per heavy atom. The summed E-state index contributed by atoms with van der Waals surface area (Å²) in [6.07, 6.45) is 3.18. The first-order chi connectivity index (χ1) is 8.00. The van der Waals surface area contributed by atoms with Gasteiger partial charge in [-0.3, -0.25) is 0 Å². The monoisotopic (exact) mass is 276 g/mol. The van der Waals surface area contributed by atoms with Gasteiger partial charge in [0.1, 0.15) is 0 Å². The molecular formula is C9H12N2O4S2. The first-order valence-corrected chi connectivity index (χ1v) is 7.53. The summed E-state index contributed by atoms with van der Waals surface area (Å²) in [4.78, 5) is 14.3. The van der Waals surface area contributed by atoms with E-state index in [1.807, 2.05) is 0 Å². The summed E-state index contributed by atoms with van der Waals surface area (Å²) in [7, 11) is -3.74. The average Bonchev–Trinajstić information content (AvgIpc) is 2.63. The summed E-state index contributed by atoms with van der Waals surface area (Å²) >= 11 is 0.820. The maximum absolute atomic E-state index is 11.9. The van der Waals surface area contributed by atoms with Gasteiger partial charge in [0, 0.05) is 6.54 Å². The second kappa shape index (κ2) is 4.71. The van der Waals surface area contributed by atoms with Gasteiger partial charge in [-0.15, -0.1) is 11.3 Å². The summed E-state index contributed by atoms with van der Waals surface area (Å²) in [5, 5.41) is 8.80. The number of hydrogen-bond donors (Lipinski definition) is 2. The molecule has 1 fully saturated rings. The van der Waals surface area contributed by atoms with Gasteiger partial charge in [0.05, 0.1) is 5.51 Å². The molecule has 1 heterocycles. The molecule has 17 heavy (non-hydrogen) atoms. The second-order valence-electron chi connectivity index (χ2n) is 3.94. The molecule has 0 spiro atoms. The van der Waals surface area contributed by atoms with Gasteiger partial charge in [0.2, 0.25) is 0 Å². The molecule has 2 N–H and O–H groups in total. The van der Waals surface area contributed by atoms with Crippen LogP contribution in [0.2, 0.25) is 0 Å². The van der Waals surface area contributed by atoms with Gasteiger partial charge in [-0.1, -0.05) is 6.42 Å². The van der Waals surface area contributed by atoms with Crippen molar-refractivity contribution in [1.29, 1.82) is 0 Å². The smallest absolute Gasteiger partial charge is 0.356 e. The zero-order valence-electron chi connectivity index (χ0n) is 8.92. The molecule has 8 heteroatoms. The predicted octanol–water partition coefficient (Wildman–Crippen LogP) is 0.920. The fraction of sp³-hybridized carbons (Fsp3) is 0.556. The minimum absolute atomic E-state index is 0.218. The van der Waals surface area contributed by atoms with Crippen LogP contribution in [0, 0.1) is 5.92 Å². The highest BCUT2D eigenvalue weighted by Gasteiger charge is 2.27. The quantitative estimate of drug-likeness (QED) is 0.833. The number of aromatic nitrogens is 1. The molecular weight excluding hydrogens is 264 g/mol. The number of carboxylic acid groups (broad SMARTS) is 1. The summed E-state index contributed by atoms with van der Waals surface area (Å²) in [5.41, 5.74) is 0.817. The number of hydrogen-bond acceptors (Lipinski definition) is 5. The van der Waals surface area contributed by atoms with Crippen LogP contribution in [0.3, 0.4) is 0 Å². The van der Waals surface area contributed by atoms with Crippen molar-refractivity contribution in [2.45, 2.75) is 23.5 Å². The zero-order valence-corrected chi connectivity index (χ0v) is 10.6. The van der Waals surface area contributed by atoms with Crippen molar-refractivity contribution in [2.24, 2.45) is 5.92 Å². The highest BCUT2D eigenvalue weighted by molar-refractivity contribution is 7.91.